The highest BCUT2D eigenvalue weighted by atomic mass is 35.5. The summed E-state index contributed by atoms with van der Waals surface area (Å²) in [7, 11) is 0. The standard InChI is InChI=1S/C20H25Cl/c1-14-6-7-16(12-15(14)2)13-19(21)17-8-10-18(11-9-17)20(3,4)5/h6-12,19H,13H2,1-5H3. The van der Waals surface area contributed by atoms with Crippen molar-refractivity contribution in [1.82, 2.24) is 0 Å². The molecule has 0 radical (unpaired) electrons. The van der Waals surface area contributed by atoms with Crippen molar-refractivity contribution >= 4 is 11.6 Å². The Bertz CT molecular complexity index is 603. The van der Waals surface area contributed by atoms with Crippen molar-refractivity contribution in [2.24, 2.45) is 0 Å². The van der Waals surface area contributed by atoms with Crippen LogP contribution in [0.25, 0.3) is 0 Å². The van der Waals surface area contributed by atoms with Gasteiger partial charge in [-0.3, -0.25) is 0 Å². The van der Waals surface area contributed by atoms with Gasteiger partial charge in [0.25, 0.3) is 0 Å². The number of hydrogen-bond donors (Lipinski definition) is 0. The van der Waals surface area contributed by atoms with E-state index < -0.39 is 0 Å². The van der Waals surface area contributed by atoms with Crippen LogP contribution in [0.3, 0.4) is 0 Å². The van der Waals surface area contributed by atoms with E-state index in [1.165, 1.54) is 27.8 Å². The van der Waals surface area contributed by atoms with E-state index in [1.807, 2.05) is 0 Å². The molecule has 0 aliphatic carbocycles. The fraction of sp³-hybridized carbons (Fsp3) is 0.400. The predicted molar refractivity (Wildman–Crippen MR) is 93.4 cm³/mol. The Morgan fingerprint density at radius 1 is 0.905 bits per heavy atom. The molecule has 0 N–H and O–H groups in total. The topological polar surface area (TPSA) is 0 Å². The zero-order valence-corrected chi connectivity index (χ0v) is 14.5. The molecule has 0 saturated carbocycles. The molecule has 0 aromatic heterocycles. The molecule has 112 valence electrons. The van der Waals surface area contributed by atoms with Gasteiger partial charge in [-0.2, -0.15) is 0 Å². The first kappa shape index (κ1) is 16.1. The molecule has 21 heavy (non-hydrogen) atoms. The van der Waals surface area contributed by atoms with E-state index in [9.17, 15) is 0 Å². The van der Waals surface area contributed by atoms with Gasteiger partial charge in [0.2, 0.25) is 0 Å². The second-order valence-corrected chi connectivity index (χ2v) is 7.49. The monoisotopic (exact) mass is 300 g/mol. The third-order valence-corrected chi connectivity index (χ3v) is 4.53. The van der Waals surface area contributed by atoms with Gasteiger partial charge >= 0.3 is 0 Å². The number of rotatable bonds is 3. The van der Waals surface area contributed by atoms with Crippen molar-refractivity contribution in [3.63, 3.8) is 0 Å². The minimum Gasteiger partial charge on any atom is -0.117 e. The van der Waals surface area contributed by atoms with Gasteiger partial charge in [-0.25, -0.2) is 0 Å². The van der Waals surface area contributed by atoms with Gasteiger partial charge in [0.15, 0.2) is 0 Å². The summed E-state index contributed by atoms with van der Waals surface area (Å²) in [4.78, 5) is 0. The first-order valence-electron chi connectivity index (χ1n) is 7.58. The average molecular weight is 301 g/mol. The lowest BCUT2D eigenvalue weighted by Crippen LogP contribution is -2.10. The lowest BCUT2D eigenvalue weighted by molar-refractivity contribution is 0.590. The van der Waals surface area contributed by atoms with Crippen LogP contribution in [0.2, 0.25) is 0 Å². The highest BCUT2D eigenvalue weighted by Crippen LogP contribution is 2.29. The maximum atomic E-state index is 6.60. The summed E-state index contributed by atoms with van der Waals surface area (Å²) in [6.45, 7) is 11.0. The van der Waals surface area contributed by atoms with Crippen molar-refractivity contribution < 1.29 is 0 Å². The van der Waals surface area contributed by atoms with Gasteiger partial charge in [0.1, 0.15) is 0 Å². The first-order chi connectivity index (χ1) is 9.77. The summed E-state index contributed by atoms with van der Waals surface area (Å²) in [6, 6.07) is 15.3. The molecule has 0 saturated heterocycles. The van der Waals surface area contributed by atoms with E-state index in [4.69, 9.17) is 11.6 Å². The Morgan fingerprint density at radius 2 is 1.52 bits per heavy atom. The van der Waals surface area contributed by atoms with Crippen LogP contribution >= 0.6 is 11.6 Å². The number of aryl methyl sites for hydroxylation is 2. The fourth-order valence-corrected chi connectivity index (χ4v) is 2.77. The SMILES string of the molecule is Cc1ccc(CC(Cl)c2ccc(C(C)(C)C)cc2)cc1C. The molecule has 0 amide bonds. The zero-order valence-electron chi connectivity index (χ0n) is 13.7. The molecule has 0 spiro atoms. The third kappa shape index (κ3) is 4.11. The molecule has 2 rings (SSSR count). The van der Waals surface area contributed by atoms with Crippen LogP contribution < -0.4 is 0 Å². The van der Waals surface area contributed by atoms with E-state index in [0.29, 0.717) is 0 Å². The summed E-state index contributed by atoms with van der Waals surface area (Å²) < 4.78 is 0. The molecule has 0 aliphatic heterocycles. The normalized spacial score (nSPS) is 13.2. The summed E-state index contributed by atoms with van der Waals surface area (Å²) in [5.74, 6) is 0. The molecular formula is C20H25Cl. The quantitative estimate of drug-likeness (QED) is 0.599. The Morgan fingerprint density at radius 3 is 2.05 bits per heavy atom. The summed E-state index contributed by atoms with van der Waals surface area (Å²) in [5, 5.41) is 0.0288. The van der Waals surface area contributed by atoms with Gasteiger partial charge in [0, 0.05) is 0 Å². The van der Waals surface area contributed by atoms with Gasteiger partial charge in [-0.1, -0.05) is 63.2 Å². The van der Waals surface area contributed by atoms with E-state index >= 15 is 0 Å². The molecule has 0 aliphatic rings. The van der Waals surface area contributed by atoms with Crippen molar-refractivity contribution in [2.75, 3.05) is 0 Å². The van der Waals surface area contributed by atoms with Crippen LogP contribution in [-0.2, 0) is 11.8 Å². The van der Waals surface area contributed by atoms with E-state index in [2.05, 4.69) is 77.1 Å². The van der Waals surface area contributed by atoms with Gasteiger partial charge in [-0.05, 0) is 53.5 Å². The third-order valence-electron chi connectivity index (χ3n) is 4.12. The van der Waals surface area contributed by atoms with Crippen LogP contribution in [0.4, 0.5) is 0 Å². The van der Waals surface area contributed by atoms with Crippen molar-refractivity contribution in [1.29, 1.82) is 0 Å². The Labute approximate surface area is 134 Å². The van der Waals surface area contributed by atoms with Crippen LogP contribution in [-0.4, -0.2) is 0 Å². The number of alkyl halides is 1. The van der Waals surface area contributed by atoms with Gasteiger partial charge in [0.05, 0.1) is 5.38 Å². The Kier molecular flexibility index (Phi) is 4.78. The smallest absolute Gasteiger partial charge is 0.0625 e. The molecular weight excluding hydrogens is 276 g/mol. The summed E-state index contributed by atoms with van der Waals surface area (Å²) >= 11 is 6.60. The largest absolute Gasteiger partial charge is 0.117 e. The number of benzene rings is 2. The molecule has 1 atom stereocenters. The summed E-state index contributed by atoms with van der Waals surface area (Å²) in [6.07, 6.45) is 0.873. The minimum absolute atomic E-state index is 0.0288. The molecule has 0 bridgehead atoms. The lowest BCUT2D eigenvalue weighted by Gasteiger charge is -2.20. The molecule has 0 nitrogen and oxygen atoms in total. The highest BCUT2D eigenvalue weighted by molar-refractivity contribution is 6.20. The Balaban J connectivity index is 2.13. The van der Waals surface area contributed by atoms with E-state index in [-0.39, 0.29) is 10.8 Å². The molecule has 0 fully saturated rings. The number of hydrogen-bond acceptors (Lipinski definition) is 0. The maximum absolute atomic E-state index is 6.60. The second kappa shape index (κ2) is 6.23. The van der Waals surface area contributed by atoms with Crippen LogP contribution in [0, 0.1) is 13.8 Å². The lowest BCUT2D eigenvalue weighted by atomic mass is 9.86. The first-order valence-corrected chi connectivity index (χ1v) is 8.01. The van der Waals surface area contributed by atoms with Crippen LogP contribution in [0.15, 0.2) is 42.5 Å². The molecule has 1 unspecified atom stereocenters. The van der Waals surface area contributed by atoms with Crippen LogP contribution in [0.5, 0.6) is 0 Å². The van der Waals surface area contributed by atoms with E-state index in [0.717, 1.165) is 6.42 Å². The maximum Gasteiger partial charge on any atom is 0.0625 e. The number of halogens is 1. The zero-order chi connectivity index (χ0) is 15.6. The average Bonchev–Trinajstić information content (AvgIpc) is 2.42. The minimum atomic E-state index is 0.0288. The van der Waals surface area contributed by atoms with Gasteiger partial charge < -0.3 is 0 Å². The summed E-state index contributed by atoms with van der Waals surface area (Å²) in [5.41, 5.74) is 6.70. The van der Waals surface area contributed by atoms with E-state index in [1.54, 1.807) is 0 Å². The fourth-order valence-electron chi connectivity index (χ4n) is 2.45. The van der Waals surface area contributed by atoms with Crippen LogP contribution in [0.1, 0.15) is 54.0 Å². The second-order valence-electron chi connectivity index (χ2n) is 6.96. The van der Waals surface area contributed by atoms with Crippen molar-refractivity contribution in [3.8, 4) is 0 Å². The molecule has 0 heterocycles. The predicted octanol–water partition coefficient (Wildman–Crippen LogP) is 6.12. The van der Waals surface area contributed by atoms with Crippen molar-refractivity contribution in [2.45, 2.75) is 51.8 Å². The Hall–Kier alpha value is -1.27. The highest BCUT2D eigenvalue weighted by Gasteiger charge is 2.15. The van der Waals surface area contributed by atoms with Gasteiger partial charge in [-0.15, -0.1) is 11.6 Å². The molecule has 1 heteroatoms. The van der Waals surface area contributed by atoms with Crippen molar-refractivity contribution in [3.05, 3.63) is 70.3 Å². The molecule has 2 aromatic rings. The molecule has 2 aromatic carbocycles.